The molecule has 31 heavy (non-hydrogen) atoms. The molecule has 0 atom stereocenters. The van der Waals surface area contributed by atoms with Gasteiger partial charge in [0.25, 0.3) is 0 Å². The average Bonchev–Trinajstić information content (AvgIpc) is 3.20. The summed E-state index contributed by atoms with van der Waals surface area (Å²) in [6, 6.07) is 15.3. The third kappa shape index (κ3) is 2.48. The van der Waals surface area contributed by atoms with Crippen LogP contribution in [-0.4, -0.2) is 18.6 Å². The summed E-state index contributed by atoms with van der Waals surface area (Å²) < 4.78 is 40.7. The molecular formula is C25H25BF2N2O. The van der Waals surface area contributed by atoms with Crippen LogP contribution in [-0.2, 0) is 6.42 Å². The number of nitrogens with zero attached hydrogens (tertiary/aromatic N) is 2. The largest absolute Gasteiger partial charge is 0.737 e. The van der Waals surface area contributed by atoms with Crippen molar-refractivity contribution in [2.75, 3.05) is 7.11 Å². The highest BCUT2D eigenvalue weighted by molar-refractivity contribution is 6.64. The molecule has 0 fully saturated rings. The Balaban J connectivity index is 2.05. The van der Waals surface area contributed by atoms with E-state index in [1.54, 1.807) is 13.2 Å². The molecule has 0 bridgehead atoms. The van der Waals surface area contributed by atoms with Crippen LogP contribution in [0.15, 0.2) is 54.2 Å². The van der Waals surface area contributed by atoms with Crippen LogP contribution in [0.3, 0.4) is 0 Å². The molecule has 2 aromatic carbocycles. The molecule has 3 nitrogen and oxygen atoms in total. The lowest BCUT2D eigenvalue weighted by Crippen LogP contribution is -2.57. The monoisotopic (exact) mass is 418 g/mol. The molecule has 3 heterocycles. The number of halogens is 2. The molecule has 0 amide bonds. The van der Waals surface area contributed by atoms with Crippen molar-refractivity contribution in [1.82, 2.24) is 8.96 Å². The Labute approximate surface area is 180 Å². The van der Waals surface area contributed by atoms with Gasteiger partial charge < -0.3 is 22.3 Å². The second-order valence-electron chi connectivity index (χ2n) is 8.32. The average molecular weight is 418 g/mol. The molecule has 2 aliphatic heterocycles. The molecular weight excluding hydrogens is 393 g/mol. The topological polar surface area (TPSA) is 17.2 Å². The molecule has 0 spiro atoms. The van der Waals surface area contributed by atoms with Gasteiger partial charge in [0.05, 0.1) is 17.9 Å². The first-order valence-corrected chi connectivity index (χ1v) is 10.7. The van der Waals surface area contributed by atoms with Gasteiger partial charge in [0.15, 0.2) is 11.1 Å². The van der Waals surface area contributed by atoms with Crippen LogP contribution in [0, 0.1) is 13.8 Å². The zero-order chi connectivity index (χ0) is 22.1. The lowest BCUT2D eigenvalue weighted by molar-refractivity contribution is 0.413. The van der Waals surface area contributed by atoms with Gasteiger partial charge in [-0.05, 0) is 61.7 Å². The lowest BCUT2D eigenvalue weighted by atomic mass is 9.83. The zero-order valence-corrected chi connectivity index (χ0v) is 18.5. The minimum absolute atomic E-state index is 0.500. The van der Waals surface area contributed by atoms with E-state index >= 15 is 8.63 Å². The van der Waals surface area contributed by atoms with Gasteiger partial charge in [0, 0.05) is 17.3 Å². The number of fused-ring (bicyclic) bond motifs is 3. The standard InChI is InChI=1S/C25H25BF2N2O/c1-6-20-15(2)24-23(18-10-8-7-9-11-18)25-16(3)21-13-12-19(31-5)14-22(21)30(25)26(27,28)29(24)17(20)4/h7-14H,6H2,1-5H3. The van der Waals surface area contributed by atoms with Gasteiger partial charge in [-0.2, -0.15) is 0 Å². The van der Waals surface area contributed by atoms with Crippen LogP contribution in [0.4, 0.5) is 8.63 Å². The van der Waals surface area contributed by atoms with Crippen LogP contribution < -0.4 is 19.8 Å². The third-order valence-corrected chi connectivity index (χ3v) is 6.82. The van der Waals surface area contributed by atoms with E-state index in [1.807, 2.05) is 70.2 Å². The number of ether oxygens (including phenoxy) is 1. The van der Waals surface area contributed by atoms with Crippen LogP contribution >= 0.6 is 0 Å². The molecule has 5 rings (SSSR count). The molecule has 0 unspecified atom stereocenters. The summed E-state index contributed by atoms with van der Waals surface area (Å²) in [6.45, 7) is 3.68. The number of methoxy groups -OCH3 is 1. The van der Waals surface area contributed by atoms with Crippen molar-refractivity contribution in [2.24, 2.45) is 0 Å². The van der Waals surface area contributed by atoms with Gasteiger partial charge in [0.2, 0.25) is 0 Å². The van der Waals surface area contributed by atoms with E-state index in [-0.39, 0.29) is 0 Å². The number of hydrogen-bond donors (Lipinski definition) is 0. The Kier molecular flexibility index (Phi) is 4.26. The molecule has 3 aromatic rings. The van der Waals surface area contributed by atoms with E-state index in [0.717, 1.165) is 33.1 Å². The summed E-state index contributed by atoms with van der Waals surface area (Å²) in [4.78, 5) is 0. The maximum Gasteiger partial charge on any atom is 0.737 e. The number of hydrogen-bond acceptors (Lipinski definition) is 1. The van der Waals surface area contributed by atoms with E-state index in [9.17, 15) is 0 Å². The minimum atomic E-state index is -4.08. The summed E-state index contributed by atoms with van der Waals surface area (Å²) in [7, 11) is 1.56. The van der Waals surface area contributed by atoms with E-state index in [4.69, 9.17) is 4.74 Å². The highest BCUT2D eigenvalue weighted by Crippen LogP contribution is 2.43. The maximum atomic E-state index is 16.4. The highest BCUT2D eigenvalue weighted by Gasteiger charge is 2.55. The van der Waals surface area contributed by atoms with E-state index in [0.29, 0.717) is 34.6 Å². The number of rotatable bonds is 3. The van der Waals surface area contributed by atoms with Gasteiger partial charge in [-0.15, -0.1) is 0 Å². The summed E-state index contributed by atoms with van der Waals surface area (Å²) in [6.07, 6.45) is 0.717. The molecule has 6 heteroatoms. The third-order valence-electron chi connectivity index (χ3n) is 6.82. The summed E-state index contributed by atoms with van der Waals surface area (Å²) in [5.74, 6) is 0.570. The van der Waals surface area contributed by atoms with Gasteiger partial charge in [0.1, 0.15) is 5.75 Å². The predicted molar refractivity (Wildman–Crippen MR) is 122 cm³/mol. The molecule has 2 aliphatic rings. The number of allylic oxidation sites excluding steroid dienone is 1. The normalized spacial score (nSPS) is 16.4. The van der Waals surface area contributed by atoms with Crippen molar-refractivity contribution in [3.05, 3.63) is 92.9 Å². The summed E-state index contributed by atoms with van der Waals surface area (Å²) >= 11 is 0. The Morgan fingerprint density at radius 1 is 1.03 bits per heavy atom. The number of aromatic nitrogens is 1. The Morgan fingerprint density at radius 3 is 2.39 bits per heavy atom. The van der Waals surface area contributed by atoms with Gasteiger partial charge in [-0.25, -0.2) is 0 Å². The van der Waals surface area contributed by atoms with Crippen LogP contribution in [0.25, 0.3) is 11.1 Å². The Morgan fingerprint density at radius 2 is 1.74 bits per heavy atom. The van der Waals surface area contributed by atoms with Crippen molar-refractivity contribution < 1.29 is 13.4 Å². The maximum absolute atomic E-state index is 16.4. The second kappa shape index (κ2) is 6.68. The first-order valence-electron chi connectivity index (χ1n) is 10.7. The SMILES string of the molecule is CCc1c(C)c2n(c1C)[B-](F)(F)[N+]1=c3cc(OC)ccc3=C(C)C1=C2c1ccccc1. The molecule has 0 radical (unpaired) electrons. The van der Waals surface area contributed by atoms with E-state index < -0.39 is 6.97 Å². The predicted octanol–water partition coefficient (Wildman–Crippen LogP) is 4.05. The van der Waals surface area contributed by atoms with Crippen molar-refractivity contribution in [2.45, 2.75) is 34.1 Å². The van der Waals surface area contributed by atoms with Crippen LogP contribution in [0.2, 0.25) is 0 Å². The second-order valence-corrected chi connectivity index (χ2v) is 8.32. The fourth-order valence-corrected chi connectivity index (χ4v) is 5.45. The van der Waals surface area contributed by atoms with Gasteiger partial charge in [-0.3, -0.25) is 0 Å². The molecule has 0 aliphatic carbocycles. The number of benzene rings is 2. The quantitative estimate of drug-likeness (QED) is 0.587. The van der Waals surface area contributed by atoms with E-state index in [1.165, 1.54) is 8.96 Å². The summed E-state index contributed by atoms with van der Waals surface area (Å²) in [5.41, 5.74) is 6.47. The van der Waals surface area contributed by atoms with E-state index in [2.05, 4.69) is 0 Å². The smallest absolute Gasteiger partial charge is 0.497 e. The fourth-order valence-electron chi connectivity index (χ4n) is 5.45. The zero-order valence-electron chi connectivity index (χ0n) is 18.5. The minimum Gasteiger partial charge on any atom is -0.497 e. The first-order chi connectivity index (χ1) is 14.8. The van der Waals surface area contributed by atoms with Crippen molar-refractivity contribution >= 4 is 18.1 Å². The molecule has 0 N–H and O–H groups in total. The highest BCUT2D eigenvalue weighted by atomic mass is 19.2. The van der Waals surface area contributed by atoms with Crippen molar-refractivity contribution in [1.29, 1.82) is 0 Å². The molecule has 158 valence electrons. The Bertz CT molecular complexity index is 1400. The Hall–Kier alpha value is -3.15. The van der Waals surface area contributed by atoms with Crippen molar-refractivity contribution in [3.63, 3.8) is 0 Å². The molecule has 1 aromatic heterocycles. The molecule has 0 saturated heterocycles. The fraction of sp³-hybridized carbons (Fsp3) is 0.240. The van der Waals surface area contributed by atoms with Crippen LogP contribution in [0.1, 0.15) is 41.9 Å². The van der Waals surface area contributed by atoms with Gasteiger partial charge >= 0.3 is 6.97 Å². The first kappa shape index (κ1) is 19.8. The van der Waals surface area contributed by atoms with Crippen LogP contribution in [0.5, 0.6) is 5.75 Å². The summed E-state index contributed by atoms with van der Waals surface area (Å²) in [5, 5.41) is 1.32. The van der Waals surface area contributed by atoms with Crippen molar-refractivity contribution in [3.8, 4) is 5.75 Å². The van der Waals surface area contributed by atoms with Gasteiger partial charge in [-0.1, -0.05) is 37.3 Å². The lowest BCUT2D eigenvalue weighted by Gasteiger charge is -2.33. The molecule has 0 saturated carbocycles.